The Morgan fingerprint density at radius 1 is 1.70 bits per heavy atom. The summed E-state index contributed by atoms with van der Waals surface area (Å²) in [5.41, 5.74) is 0. The Labute approximate surface area is 65.2 Å². The van der Waals surface area contributed by atoms with Crippen LogP contribution in [-0.4, -0.2) is 17.1 Å². The second-order valence-electron chi connectivity index (χ2n) is 2.02. The van der Waals surface area contributed by atoms with Gasteiger partial charge in [-0.3, -0.25) is 0 Å². The predicted octanol–water partition coefficient (Wildman–Crippen LogP) is 1.83. The lowest BCUT2D eigenvalue weighted by atomic mass is 10.1. The van der Waals surface area contributed by atoms with E-state index in [0.717, 1.165) is 12.2 Å². The third-order valence-electron chi connectivity index (χ3n) is 1.15. The van der Waals surface area contributed by atoms with Gasteiger partial charge in [0.1, 0.15) is 0 Å². The van der Waals surface area contributed by atoms with Gasteiger partial charge in [-0.05, 0) is 18.2 Å². The monoisotopic (exact) mass is 210 g/mol. The van der Waals surface area contributed by atoms with Crippen molar-refractivity contribution in [3.8, 4) is 0 Å². The van der Waals surface area contributed by atoms with Gasteiger partial charge in [0.25, 0.3) is 5.85 Å². The van der Waals surface area contributed by atoms with Gasteiger partial charge in [-0.1, -0.05) is 15.9 Å². The Hall–Kier alpha value is -0.220. The zero-order chi connectivity index (χ0) is 7.78. The Balaban J connectivity index is 2.88. The van der Waals surface area contributed by atoms with Crippen molar-refractivity contribution in [2.75, 3.05) is 0 Å². The molecular formula is C6H5BrF2O. The Kier molecular flexibility index (Phi) is 1.92. The minimum absolute atomic E-state index is 0.339. The van der Waals surface area contributed by atoms with E-state index in [-0.39, 0.29) is 0 Å². The molecule has 1 nitrogen and oxygen atoms in total. The number of allylic oxidation sites excluding steroid dienone is 2. The molecule has 0 fully saturated rings. The fourth-order valence-corrected chi connectivity index (χ4v) is 1.11. The molecule has 1 rings (SSSR count). The Bertz CT molecular complexity index is 198. The van der Waals surface area contributed by atoms with E-state index in [1.807, 2.05) is 0 Å². The van der Waals surface area contributed by atoms with Crippen LogP contribution in [0.4, 0.5) is 8.78 Å². The highest BCUT2D eigenvalue weighted by Gasteiger charge is 2.35. The summed E-state index contributed by atoms with van der Waals surface area (Å²) in [7, 11) is 0. The smallest absolute Gasteiger partial charge is 0.262 e. The summed E-state index contributed by atoms with van der Waals surface area (Å²) >= 11 is 2.90. The number of hydrogen-bond donors (Lipinski definition) is 1. The average molecular weight is 211 g/mol. The van der Waals surface area contributed by atoms with Crippen molar-refractivity contribution in [2.24, 2.45) is 0 Å². The molecule has 0 heterocycles. The SMILES string of the molecule is OC1(F)C=C(Br)C=CC1F. The molecule has 0 aromatic rings. The van der Waals surface area contributed by atoms with Crippen LogP contribution in [-0.2, 0) is 0 Å². The molecule has 0 saturated carbocycles. The quantitative estimate of drug-likeness (QED) is 0.647. The third kappa shape index (κ3) is 1.44. The zero-order valence-corrected chi connectivity index (χ0v) is 6.48. The lowest BCUT2D eigenvalue weighted by molar-refractivity contribution is -0.0866. The van der Waals surface area contributed by atoms with Crippen molar-refractivity contribution in [3.63, 3.8) is 0 Å². The standard InChI is InChI=1S/C6H5BrF2O/c7-4-1-2-5(8)6(9,10)3-4/h1-3,5,10H. The molecule has 1 aliphatic rings. The number of rotatable bonds is 0. The summed E-state index contributed by atoms with van der Waals surface area (Å²) in [5, 5.41) is 8.61. The number of halogens is 3. The Morgan fingerprint density at radius 3 is 2.70 bits per heavy atom. The maximum Gasteiger partial charge on any atom is 0.262 e. The van der Waals surface area contributed by atoms with Crippen LogP contribution in [0.15, 0.2) is 22.7 Å². The Morgan fingerprint density at radius 2 is 2.30 bits per heavy atom. The second-order valence-corrected chi connectivity index (χ2v) is 2.93. The molecule has 0 aromatic carbocycles. The van der Waals surface area contributed by atoms with Crippen molar-refractivity contribution in [1.29, 1.82) is 0 Å². The molecule has 2 unspecified atom stereocenters. The molecule has 1 N–H and O–H groups in total. The van der Waals surface area contributed by atoms with Gasteiger partial charge in [-0.2, -0.15) is 0 Å². The van der Waals surface area contributed by atoms with Crippen molar-refractivity contribution in [3.05, 3.63) is 22.7 Å². The summed E-state index contributed by atoms with van der Waals surface area (Å²) in [6.45, 7) is 0. The van der Waals surface area contributed by atoms with E-state index in [4.69, 9.17) is 5.11 Å². The van der Waals surface area contributed by atoms with Crippen LogP contribution >= 0.6 is 15.9 Å². The van der Waals surface area contributed by atoms with E-state index in [9.17, 15) is 8.78 Å². The molecule has 0 aliphatic heterocycles. The van der Waals surface area contributed by atoms with E-state index in [1.54, 1.807) is 0 Å². The summed E-state index contributed by atoms with van der Waals surface area (Å²) in [6, 6.07) is 0. The summed E-state index contributed by atoms with van der Waals surface area (Å²) in [6.07, 6.45) is 1.11. The highest BCUT2D eigenvalue weighted by Crippen LogP contribution is 2.27. The first kappa shape index (κ1) is 7.88. The first-order chi connectivity index (χ1) is 4.52. The van der Waals surface area contributed by atoms with Gasteiger partial charge in [0.2, 0.25) is 0 Å². The van der Waals surface area contributed by atoms with E-state index in [0.29, 0.717) is 4.48 Å². The number of hydrogen-bond acceptors (Lipinski definition) is 1. The highest BCUT2D eigenvalue weighted by molar-refractivity contribution is 9.11. The summed E-state index contributed by atoms with van der Waals surface area (Å²) in [4.78, 5) is 0. The molecule has 0 amide bonds. The highest BCUT2D eigenvalue weighted by atomic mass is 79.9. The fraction of sp³-hybridized carbons (Fsp3) is 0.333. The molecule has 2 atom stereocenters. The average Bonchev–Trinajstić information content (AvgIpc) is 1.78. The summed E-state index contributed by atoms with van der Waals surface area (Å²) < 4.78 is 25.2. The molecule has 0 spiro atoms. The van der Waals surface area contributed by atoms with Crippen molar-refractivity contribution in [1.82, 2.24) is 0 Å². The van der Waals surface area contributed by atoms with Crippen LogP contribution in [0.2, 0.25) is 0 Å². The normalized spacial score (nSPS) is 39.6. The molecule has 56 valence electrons. The zero-order valence-electron chi connectivity index (χ0n) is 4.89. The van der Waals surface area contributed by atoms with Gasteiger partial charge in [-0.25, -0.2) is 8.78 Å². The largest absolute Gasteiger partial charge is 0.356 e. The van der Waals surface area contributed by atoms with E-state index in [1.165, 1.54) is 6.08 Å². The minimum atomic E-state index is -2.85. The topological polar surface area (TPSA) is 20.2 Å². The molecule has 0 radical (unpaired) electrons. The molecule has 1 aliphatic carbocycles. The summed E-state index contributed by atoms with van der Waals surface area (Å²) in [5.74, 6) is -2.85. The van der Waals surface area contributed by atoms with Crippen molar-refractivity contribution >= 4 is 15.9 Å². The van der Waals surface area contributed by atoms with Crippen LogP contribution < -0.4 is 0 Å². The maximum absolute atomic E-state index is 12.5. The first-order valence-electron chi connectivity index (χ1n) is 2.64. The fourth-order valence-electron chi connectivity index (χ4n) is 0.632. The van der Waals surface area contributed by atoms with E-state index >= 15 is 0 Å². The second kappa shape index (κ2) is 2.43. The minimum Gasteiger partial charge on any atom is -0.356 e. The van der Waals surface area contributed by atoms with Crippen molar-refractivity contribution in [2.45, 2.75) is 12.0 Å². The molecule has 0 saturated heterocycles. The molecule has 0 bridgehead atoms. The van der Waals surface area contributed by atoms with Gasteiger partial charge in [0.05, 0.1) is 0 Å². The van der Waals surface area contributed by atoms with E-state index in [2.05, 4.69) is 15.9 Å². The molecule has 4 heteroatoms. The van der Waals surface area contributed by atoms with Crippen LogP contribution in [0.5, 0.6) is 0 Å². The van der Waals surface area contributed by atoms with Gasteiger partial charge >= 0.3 is 0 Å². The lowest BCUT2D eigenvalue weighted by Gasteiger charge is -2.19. The molecular weight excluding hydrogens is 206 g/mol. The van der Waals surface area contributed by atoms with Gasteiger partial charge in [-0.15, -0.1) is 0 Å². The first-order valence-corrected chi connectivity index (χ1v) is 3.43. The number of aliphatic hydroxyl groups is 1. The third-order valence-corrected chi connectivity index (χ3v) is 1.64. The van der Waals surface area contributed by atoms with Crippen LogP contribution in [0, 0.1) is 0 Å². The lowest BCUT2D eigenvalue weighted by Crippen LogP contribution is -2.32. The van der Waals surface area contributed by atoms with Gasteiger partial charge in [0.15, 0.2) is 6.17 Å². The maximum atomic E-state index is 12.5. The molecule has 10 heavy (non-hydrogen) atoms. The van der Waals surface area contributed by atoms with Crippen LogP contribution in [0.1, 0.15) is 0 Å². The van der Waals surface area contributed by atoms with Crippen molar-refractivity contribution < 1.29 is 13.9 Å². The predicted molar refractivity (Wildman–Crippen MR) is 37.1 cm³/mol. The van der Waals surface area contributed by atoms with Crippen LogP contribution in [0.3, 0.4) is 0 Å². The van der Waals surface area contributed by atoms with Gasteiger partial charge < -0.3 is 5.11 Å². The van der Waals surface area contributed by atoms with Crippen LogP contribution in [0.25, 0.3) is 0 Å². The number of alkyl halides is 2. The van der Waals surface area contributed by atoms with Gasteiger partial charge in [0, 0.05) is 4.48 Å². The van der Waals surface area contributed by atoms with E-state index < -0.39 is 12.0 Å². The molecule has 0 aromatic heterocycles.